The number of anilines is 1. The van der Waals surface area contributed by atoms with E-state index in [0.717, 1.165) is 36.6 Å². The van der Waals surface area contributed by atoms with Gasteiger partial charge in [-0.05, 0) is 44.5 Å². The molecule has 0 unspecified atom stereocenters. The standard InChI is InChI=1S/C16H22F3N3OS/c1-21(2)10-14-11-24-8-4-7-22(14)15(23)20-13-6-3-5-12(9-13)16(17,18)19/h3,5-6,9,14H,4,7-8,10-11H2,1-2H3,(H,20,23)/t14-/m0/s1. The van der Waals surface area contributed by atoms with Gasteiger partial charge >= 0.3 is 12.2 Å². The van der Waals surface area contributed by atoms with E-state index in [9.17, 15) is 18.0 Å². The van der Waals surface area contributed by atoms with Crippen molar-refractivity contribution in [3.05, 3.63) is 29.8 Å². The topological polar surface area (TPSA) is 35.6 Å². The van der Waals surface area contributed by atoms with Crippen LogP contribution in [0.15, 0.2) is 24.3 Å². The molecule has 0 aliphatic carbocycles. The molecular weight excluding hydrogens is 339 g/mol. The molecule has 0 spiro atoms. The fourth-order valence-corrected chi connectivity index (χ4v) is 3.69. The van der Waals surface area contributed by atoms with E-state index in [4.69, 9.17) is 0 Å². The van der Waals surface area contributed by atoms with Crippen LogP contribution in [0.5, 0.6) is 0 Å². The molecule has 2 amide bonds. The lowest BCUT2D eigenvalue weighted by atomic mass is 10.2. The van der Waals surface area contributed by atoms with Gasteiger partial charge in [-0.15, -0.1) is 0 Å². The van der Waals surface area contributed by atoms with Crippen molar-refractivity contribution in [1.29, 1.82) is 0 Å². The molecule has 0 radical (unpaired) electrons. The van der Waals surface area contributed by atoms with E-state index in [1.54, 1.807) is 16.7 Å². The van der Waals surface area contributed by atoms with E-state index >= 15 is 0 Å². The Kier molecular flexibility index (Phi) is 6.40. The highest BCUT2D eigenvalue weighted by molar-refractivity contribution is 7.99. The molecule has 1 fully saturated rings. The molecule has 2 rings (SSSR count). The minimum Gasteiger partial charge on any atom is -0.319 e. The van der Waals surface area contributed by atoms with Gasteiger partial charge in [0, 0.05) is 24.5 Å². The third-order valence-electron chi connectivity index (χ3n) is 3.72. The normalized spacial score (nSPS) is 19.2. The number of thioether (sulfide) groups is 1. The number of hydrogen-bond donors (Lipinski definition) is 1. The molecule has 134 valence electrons. The maximum Gasteiger partial charge on any atom is 0.416 e. The quantitative estimate of drug-likeness (QED) is 0.893. The van der Waals surface area contributed by atoms with Crippen molar-refractivity contribution in [3.8, 4) is 0 Å². The van der Waals surface area contributed by atoms with Gasteiger partial charge in [-0.1, -0.05) is 6.07 Å². The van der Waals surface area contributed by atoms with Crippen molar-refractivity contribution in [3.63, 3.8) is 0 Å². The van der Waals surface area contributed by atoms with Crippen molar-refractivity contribution >= 4 is 23.5 Å². The average Bonchev–Trinajstić information content (AvgIpc) is 2.71. The third kappa shape index (κ3) is 5.31. The van der Waals surface area contributed by atoms with Crippen LogP contribution in [-0.2, 0) is 6.18 Å². The zero-order chi connectivity index (χ0) is 17.7. The van der Waals surface area contributed by atoms with Crippen LogP contribution in [0.1, 0.15) is 12.0 Å². The summed E-state index contributed by atoms with van der Waals surface area (Å²) in [7, 11) is 3.89. The van der Waals surface area contributed by atoms with Gasteiger partial charge in [-0.2, -0.15) is 24.9 Å². The van der Waals surface area contributed by atoms with Crippen molar-refractivity contribution in [2.75, 3.05) is 44.0 Å². The third-order valence-corrected chi connectivity index (χ3v) is 4.91. The zero-order valence-electron chi connectivity index (χ0n) is 13.8. The molecule has 1 aliphatic rings. The molecule has 4 nitrogen and oxygen atoms in total. The van der Waals surface area contributed by atoms with Crippen molar-refractivity contribution in [2.45, 2.75) is 18.6 Å². The number of rotatable bonds is 3. The van der Waals surface area contributed by atoms with Crippen molar-refractivity contribution < 1.29 is 18.0 Å². The molecule has 1 heterocycles. The first-order valence-electron chi connectivity index (χ1n) is 7.74. The Morgan fingerprint density at radius 2 is 2.17 bits per heavy atom. The summed E-state index contributed by atoms with van der Waals surface area (Å²) in [6, 6.07) is 4.43. The van der Waals surface area contributed by atoms with E-state index in [0.29, 0.717) is 6.54 Å². The molecule has 8 heteroatoms. The first kappa shape index (κ1) is 18.9. The summed E-state index contributed by atoms with van der Waals surface area (Å²) >= 11 is 1.80. The van der Waals surface area contributed by atoms with Crippen LogP contribution in [0.3, 0.4) is 0 Å². The van der Waals surface area contributed by atoms with Crippen LogP contribution in [-0.4, -0.2) is 60.6 Å². The van der Waals surface area contributed by atoms with Gasteiger partial charge in [-0.25, -0.2) is 4.79 Å². The number of carbonyl (C=O) groups is 1. The Morgan fingerprint density at radius 1 is 1.42 bits per heavy atom. The van der Waals surface area contributed by atoms with Crippen molar-refractivity contribution in [1.82, 2.24) is 9.80 Å². The van der Waals surface area contributed by atoms with Crippen LogP contribution in [0.2, 0.25) is 0 Å². The second-order valence-corrected chi connectivity index (χ2v) is 7.20. The minimum absolute atomic E-state index is 0.0401. The number of hydrogen-bond acceptors (Lipinski definition) is 3. The Morgan fingerprint density at radius 3 is 2.83 bits per heavy atom. The molecule has 0 aromatic heterocycles. The van der Waals surface area contributed by atoms with Gasteiger partial charge in [0.05, 0.1) is 11.6 Å². The van der Waals surface area contributed by atoms with Gasteiger partial charge in [0.15, 0.2) is 0 Å². The molecule has 1 atom stereocenters. The minimum atomic E-state index is -4.42. The maximum atomic E-state index is 12.8. The summed E-state index contributed by atoms with van der Waals surface area (Å²) in [5.74, 6) is 1.81. The van der Waals surface area contributed by atoms with Gasteiger partial charge < -0.3 is 15.1 Å². The maximum absolute atomic E-state index is 12.8. The number of amides is 2. The lowest BCUT2D eigenvalue weighted by molar-refractivity contribution is -0.137. The van der Waals surface area contributed by atoms with Gasteiger partial charge in [-0.3, -0.25) is 0 Å². The Labute approximate surface area is 144 Å². The fourth-order valence-electron chi connectivity index (χ4n) is 2.64. The molecule has 1 aliphatic heterocycles. The van der Waals surface area contributed by atoms with Crippen molar-refractivity contribution in [2.24, 2.45) is 0 Å². The number of carbonyl (C=O) groups excluding carboxylic acids is 1. The summed E-state index contributed by atoms with van der Waals surface area (Å²) < 4.78 is 38.4. The highest BCUT2D eigenvalue weighted by Crippen LogP contribution is 2.30. The summed E-state index contributed by atoms with van der Waals surface area (Å²) in [4.78, 5) is 16.3. The Hall–Kier alpha value is -1.41. The van der Waals surface area contributed by atoms with E-state index in [-0.39, 0.29) is 17.8 Å². The van der Waals surface area contributed by atoms with E-state index < -0.39 is 11.7 Å². The molecule has 1 aromatic carbocycles. The first-order chi connectivity index (χ1) is 11.3. The zero-order valence-corrected chi connectivity index (χ0v) is 14.6. The number of nitrogens with zero attached hydrogens (tertiary/aromatic N) is 2. The summed E-state index contributed by atoms with van der Waals surface area (Å²) in [6.45, 7) is 1.33. The predicted octanol–water partition coefficient (Wildman–Crippen LogP) is 3.61. The molecule has 24 heavy (non-hydrogen) atoms. The molecule has 1 N–H and O–H groups in total. The Balaban J connectivity index is 2.11. The fraction of sp³-hybridized carbons (Fsp3) is 0.562. The summed E-state index contributed by atoms with van der Waals surface area (Å²) in [5.41, 5.74) is -0.605. The second-order valence-electron chi connectivity index (χ2n) is 6.05. The highest BCUT2D eigenvalue weighted by Gasteiger charge is 2.31. The number of halogens is 3. The average molecular weight is 361 g/mol. The second kappa shape index (κ2) is 8.11. The van der Waals surface area contributed by atoms with Crippen LogP contribution in [0.25, 0.3) is 0 Å². The largest absolute Gasteiger partial charge is 0.416 e. The Bertz CT molecular complexity index is 566. The molecule has 0 bridgehead atoms. The molecule has 0 saturated carbocycles. The van der Waals surface area contributed by atoms with Crippen LogP contribution in [0.4, 0.5) is 23.7 Å². The van der Waals surface area contributed by atoms with E-state index in [1.807, 2.05) is 19.0 Å². The molecular formula is C16H22F3N3OS. The summed E-state index contributed by atoms with van der Waals surface area (Å²) in [6.07, 6.45) is -3.54. The number of alkyl halides is 3. The SMILES string of the molecule is CN(C)C[C@H]1CSCCCN1C(=O)Nc1cccc(C(F)(F)F)c1. The predicted molar refractivity (Wildman–Crippen MR) is 91.5 cm³/mol. The van der Waals surface area contributed by atoms with Gasteiger partial charge in [0.1, 0.15) is 0 Å². The number of benzene rings is 1. The van der Waals surface area contributed by atoms with Gasteiger partial charge in [0.2, 0.25) is 0 Å². The lowest BCUT2D eigenvalue weighted by Gasteiger charge is -2.31. The molecule has 1 aromatic rings. The smallest absolute Gasteiger partial charge is 0.319 e. The molecule has 1 saturated heterocycles. The summed E-state index contributed by atoms with van der Waals surface area (Å²) in [5, 5.41) is 2.61. The van der Waals surface area contributed by atoms with Crippen LogP contribution >= 0.6 is 11.8 Å². The first-order valence-corrected chi connectivity index (χ1v) is 8.90. The number of likely N-dealkylation sites (N-methyl/N-ethyl adjacent to an activating group) is 1. The van der Waals surface area contributed by atoms with Crippen LogP contribution in [0, 0.1) is 0 Å². The highest BCUT2D eigenvalue weighted by atomic mass is 32.2. The van der Waals surface area contributed by atoms with E-state index in [2.05, 4.69) is 5.32 Å². The monoisotopic (exact) mass is 361 g/mol. The lowest BCUT2D eigenvalue weighted by Crippen LogP contribution is -2.48. The number of nitrogens with one attached hydrogen (secondary N) is 1. The number of urea groups is 1. The van der Waals surface area contributed by atoms with Crippen LogP contribution < -0.4 is 5.32 Å². The van der Waals surface area contributed by atoms with Gasteiger partial charge in [0.25, 0.3) is 0 Å². The van der Waals surface area contributed by atoms with E-state index in [1.165, 1.54) is 12.1 Å².